The third-order valence-electron chi connectivity index (χ3n) is 4.17. The van der Waals surface area contributed by atoms with Gasteiger partial charge in [-0.2, -0.15) is 0 Å². The summed E-state index contributed by atoms with van der Waals surface area (Å²) in [5.41, 5.74) is 7.05. The Hall–Kier alpha value is -0.650. The van der Waals surface area contributed by atoms with Crippen LogP contribution in [0, 0.1) is 0 Å². The second kappa shape index (κ2) is 10.2. The highest BCUT2D eigenvalue weighted by Crippen LogP contribution is 2.33. The summed E-state index contributed by atoms with van der Waals surface area (Å²) in [6, 6.07) is -0.371. The number of rotatable bonds is 7. The Kier molecular flexibility index (Phi) is 8.98. The number of nitrogens with two attached hydrogens (primary N) is 1. The predicted molar refractivity (Wildman–Crippen MR) is 94.8 cm³/mol. The van der Waals surface area contributed by atoms with Gasteiger partial charge in [-0.15, -0.1) is 23.7 Å². The maximum absolute atomic E-state index is 11.7. The number of nitrogens with one attached hydrogen (secondary N) is 1. The SMILES string of the molecule is CCCC(N)C(=O)NCCc1nc(C2CCCCC2)cs1.Cl. The first-order valence-electron chi connectivity index (χ1n) is 8.18. The van der Waals surface area contributed by atoms with Crippen LogP contribution >= 0.6 is 23.7 Å². The van der Waals surface area contributed by atoms with E-state index in [2.05, 4.69) is 10.7 Å². The van der Waals surface area contributed by atoms with Gasteiger partial charge < -0.3 is 11.1 Å². The number of aromatic nitrogens is 1. The molecule has 1 atom stereocenters. The molecular weight excluding hydrogens is 318 g/mol. The highest BCUT2D eigenvalue weighted by atomic mass is 35.5. The fourth-order valence-electron chi connectivity index (χ4n) is 2.89. The van der Waals surface area contributed by atoms with Gasteiger partial charge in [0.1, 0.15) is 0 Å². The molecule has 6 heteroatoms. The Bertz CT molecular complexity index is 446. The van der Waals surface area contributed by atoms with Crippen LogP contribution in [0.1, 0.15) is 68.5 Å². The maximum atomic E-state index is 11.7. The average Bonchev–Trinajstić information content (AvgIpc) is 2.97. The van der Waals surface area contributed by atoms with Crippen LogP contribution in [0.5, 0.6) is 0 Å². The third kappa shape index (κ3) is 5.86. The molecule has 0 radical (unpaired) electrons. The van der Waals surface area contributed by atoms with Gasteiger partial charge in [0.25, 0.3) is 0 Å². The van der Waals surface area contributed by atoms with E-state index >= 15 is 0 Å². The fraction of sp³-hybridized carbons (Fsp3) is 0.750. The summed E-state index contributed by atoms with van der Waals surface area (Å²) >= 11 is 1.72. The van der Waals surface area contributed by atoms with E-state index in [1.165, 1.54) is 37.8 Å². The number of carbonyl (C=O) groups excluding carboxylic acids is 1. The van der Waals surface area contributed by atoms with Crippen LogP contribution in [-0.4, -0.2) is 23.5 Å². The van der Waals surface area contributed by atoms with Gasteiger partial charge in [0, 0.05) is 24.3 Å². The Morgan fingerprint density at radius 1 is 1.45 bits per heavy atom. The van der Waals surface area contributed by atoms with Crippen LogP contribution < -0.4 is 11.1 Å². The molecule has 1 aromatic heterocycles. The van der Waals surface area contributed by atoms with Gasteiger partial charge >= 0.3 is 0 Å². The molecule has 22 heavy (non-hydrogen) atoms. The van der Waals surface area contributed by atoms with E-state index in [1.807, 2.05) is 6.92 Å². The zero-order valence-corrected chi connectivity index (χ0v) is 15.0. The normalized spacial score (nSPS) is 16.8. The number of hydrogen-bond acceptors (Lipinski definition) is 4. The highest BCUT2D eigenvalue weighted by Gasteiger charge is 2.18. The molecule has 1 fully saturated rings. The van der Waals surface area contributed by atoms with E-state index in [4.69, 9.17) is 10.7 Å². The molecule has 0 saturated heterocycles. The van der Waals surface area contributed by atoms with Crippen LogP contribution in [0.3, 0.4) is 0 Å². The number of nitrogens with zero attached hydrogens (tertiary/aromatic N) is 1. The molecule has 1 amide bonds. The number of amides is 1. The van der Waals surface area contributed by atoms with Gasteiger partial charge in [-0.05, 0) is 19.3 Å². The minimum Gasteiger partial charge on any atom is -0.354 e. The van der Waals surface area contributed by atoms with Crippen molar-refractivity contribution in [1.82, 2.24) is 10.3 Å². The second-order valence-electron chi connectivity index (χ2n) is 5.94. The molecule has 1 unspecified atom stereocenters. The van der Waals surface area contributed by atoms with Crippen molar-refractivity contribution in [2.45, 2.75) is 70.3 Å². The van der Waals surface area contributed by atoms with Crippen LogP contribution in [-0.2, 0) is 11.2 Å². The quantitative estimate of drug-likeness (QED) is 0.795. The number of halogens is 1. The first kappa shape index (κ1) is 19.4. The van der Waals surface area contributed by atoms with Crippen molar-refractivity contribution in [2.24, 2.45) is 5.73 Å². The topological polar surface area (TPSA) is 68.0 Å². The molecule has 0 spiro atoms. The average molecular weight is 346 g/mol. The van der Waals surface area contributed by atoms with Crippen molar-refractivity contribution < 1.29 is 4.79 Å². The summed E-state index contributed by atoms with van der Waals surface area (Å²) < 4.78 is 0. The Labute approximate surface area is 143 Å². The van der Waals surface area contributed by atoms with Crippen molar-refractivity contribution in [3.8, 4) is 0 Å². The first-order chi connectivity index (χ1) is 10.2. The minimum absolute atomic E-state index is 0. The number of thiazole rings is 1. The number of carbonyl (C=O) groups is 1. The van der Waals surface area contributed by atoms with Gasteiger partial charge in [-0.1, -0.05) is 32.6 Å². The molecule has 0 aliphatic heterocycles. The van der Waals surface area contributed by atoms with Crippen molar-refractivity contribution in [3.63, 3.8) is 0 Å². The van der Waals surface area contributed by atoms with Crippen LogP contribution in [0.4, 0.5) is 0 Å². The molecule has 3 N–H and O–H groups in total. The van der Waals surface area contributed by atoms with Crippen molar-refractivity contribution >= 4 is 29.7 Å². The Morgan fingerprint density at radius 3 is 2.86 bits per heavy atom. The molecule has 4 nitrogen and oxygen atoms in total. The Balaban J connectivity index is 0.00000242. The lowest BCUT2D eigenvalue weighted by molar-refractivity contribution is -0.122. The largest absolute Gasteiger partial charge is 0.354 e. The summed E-state index contributed by atoms with van der Waals surface area (Å²) in [5, 5.41) is 6.24. The summed E-state index contributed by atoms with van der Waals surface area (Å²) in [5.74, 6) is 0.622. The van der Waals surface area contributed by atoms with Gasteiger partial charge in [0.05, 0.1) is 16.7 Å². The van der Waals surface area contributed by atoms with Crippen LogP contribution in [0.2, 0.25) is 0 Å². The molecule has 0 aromatic carbocycles. The molecule has 1 aliphatic carbocycles. The molecule has 1 aliphatic rings. The maximum Gasteiger partial charge on any atom is 0.236 e. The van der Waals surface area contributed by atoms with Gasteiger partial charge in [0.15, 0.2) is 0 Å². The van der Waals surface area contributed by atoms with Gasteiger partial charge in [0.2, 0.25) is 5.91 Å². The fourth-order valence-corrected chi connectivity index (χ4v) is 3.77. The van der Waals surface area contributed by atoms with Crippen molar-refractivity contribution in [1.29, 1.82) is 0 Å². The van der Waals surface area contributed by atoms with E-state index in [9.17, 15) is 4.79 Å². The molecule has 126 valence electrons. The molecule has 1 heterocycles. The number of hydrogen-bond donors (Lipinski definition) is 2. The van der Waals surface area contributed by atoms with E-state index in [0.717, 1.165) is 24.3 Å². The van der Waals surface area contributed by atoms with E-state index in [-0.39, 0.29) is 24.4 Å². The lowest BCUT2D eigenvalue weighted by atomic mass is 9.87. The van der Waals surface area contributed by atoms with Crippen LogP contribution in [0.25, 0.3) is 0 Å². The molecule has 1 saturated carbocycles. The minimum atomic E-state index is -0.371. The standard InChI is InChI=1S/C16H27N3OS.ClH/c1-2-6-13(17)16(20)18-10-9-15-19-14(11-21-15)12-7-4-3-5-8-12;/h11-13H,2-10,17H2,1H3,(H,18,20);1H. The zero-order chi connectivity index (χ0) is 15.1. The predicted octanol–water partition coefficient (Wildman–Crippen LogP) is 3.40. The second-order valence-corrected chi connectivity index (χ2v) is 6.88. The summed E-state index contributed by atoms with van der Waals surface area (Å²) in [7, 11) is 0. The molecular formula is C16H28ClN3OS. The molecule has 1 aromatic rings. The monoisotopic (exact) mass is 345 g/mol. The summed E-state index contributed by atoms with van der Waals surface area (Å²) in [6.07, 6.45) is 9.10. The zero-order valence-electron chi connectivity index (χ0n) is 13.3. The molecule has 0 bridgehead atoms. The highest BCUT2D eigenvalue weighted by molar-refractivity contribution is 7.09. The smallest absolute Gasteiger partial charge is 0.236 e. The molecule has 2 rings (SSSR count). The van der Waals surface area contributed by atoms with Crippen LogP contribution in [0.15, 0.2) is 5.38 Å². The lowest BCUT2D eigenvalue weighted by Gasteiger charge is -2.19. The summed E-state index contributed by atoms with van der Waals surface area (Å²) in [4.78, 5) is 16.5. The van der Waals surface area contributed by atoms with Crippen molar-refractivity contribution in [3.05, 3.63) is 16.1 Å². The lowest BCUT2D eigenvalue weighted by Crippen LogP contribution is -2.41. The summed E-state index contributed by atoms with van der Waals surface area (Å²) in [6.45, 7) is 2.67. The van der Waals surface area contributed by atoms with Crippen molar-refractivity contribution in [2.75, 3.05) is 6.54 Å². The van der Waals surface area contributed by atoms with Gasteiger partial charge in [-0.25, -0.2) is 4.98 Å². The van der Waals surface area contributed by atoms with E-state index < -0.39 is 0 Å². The Morgan fingerprint density at radius 2 is 2.18 bits per heavy atom. The van der Waals surface area contributed by atoms with E-state index in [0.29, 0.717) is 12.5 Å². The van der Waals surface area contributed by atoms with E-state index in [1.54, 1.807) is 11.3 Å². The first-order valence-corrected chi connectivity index (χ1v) is 9.06. The van der Waals surface area contributed by atoms with Gasteiger partial charge in [-0.3, -0.25) is 4.79 Å². The third-order valence-corrected chi connectivity index (χ3v) is 5.09.